The molecule has 30 heavy (non-hydrogen) atoms. The third-order valence-corrected chi connectivity index (χ3v) is 7.95. The first kappa shape index (κ1) is 20.6. The highest BCUT2D eigenvalue weighted by atomic mass is 32.2. The van der Waals surface area contributed by atoms with Gasteiger partial charge in [-0.1, -0.05) is 0 Å². The van der Waals surface area contributed by atoms with Crippen molar-refractivity contribution in [2.75, 3.05) is 5.32 Å². The van der Waals surface area contributed by atoms with Gasteiger partial charge < -0.3 is 10.2 Å². The fraction of sp³-hybridized carbons (Fsp3) is 0.400. The van der Waals surface area contributed by atoms with E-state index in [1.165, 1.54) is 30.6 Å². The number of sulfone groups is 1. The van der Waals surface area contributed by atoms with E-state index in [9.17, 15) is 26.4 Å². The summed E-state index contributed by atoms with van der Waals surface area (Å²) >= 11 is 0. The highest BCUT2D eigenvalue weighted by molar-refractivity contribution is 7.92. The summed E-state index contributed by atoms with van der Waals surface area (Å²) in [5.41, 5.74) is -0.528. The monoisotopic (exact) mass is 439 g/mol. The Morgan fingerprint density at radius 3 is 2.23 bits per heavy atom. The number of hydrogen-bond acceptors (Lipinski definition) is 4. The van der Waals surface area contributed by atoms with Crippen LogP contribution in [0.15, 0.2) is 53.7 Å². The smallest absolute Gasteiger partial charge is 0.318 e. The van der Waals surface area contributed by atoms with Crippen LogP contribution in [-0.2, 0) is 16.0 Å². The van der Waals surface area contributed by atoms with Crippen LogP contribution in [0.2, 0.25) is 0 Å². The van der Waals surface area contributed by atoms with Crippen LogP contribution in [0, 0.1) is 0 Å². The van der Waals surface area contributed by atoms with Crippen molar-refractivity contribution < 1.29 is 26.4 Å². The fourth-order valence-electron chi connectivity index (χ4n) is 4.35. The molecular weight excluding hydrogens is 419 g/mol. The lowest BCUT2D eigenvalue weighted by atomic mass is 10.0. The van der Waals surface area contributed by atoms with Crippen LogP contribution in [0.5, 0.6) is 0 Å². The minimum Gasteiger partial charge on any atom is -0.318 e. The van der Waals surface area contributed by atoms with E-state index < -0.39 is 32.9 Å². The van der Waals surface area contributed by atoms with Crippen LogP contribution in [0.1, 0.15) is 31.2 Å². The zero-order chi connectivity index (χ0) is 21.5. The number of piperidine rings is 1. The predicted octanol–water partition coefficient (Wildman–Crippen LogP) is 4.10. The molecule has 6 nitrogen and oxygen atoms in total. The zero-order valence-corrected chi connectivity index (χ0v) is 16.7. The first-order valence-electron chi connectivity index (χ1n) is 9.57. The van der Waals surface area contributed by atoms with E-state index in [0.29, 0.717) is 25.7 Å². The van der Waals surface area contributed by atoms with E-state index in [1.54, 1.807) is 11.0 Å². The lowest BCUT2D eigenvalue weighted by molar-refractivity contribution is -0.137. The van der Waals surface area contributed by atoms with Gasteiger partial charge in [-0.25, -0.2) is 13.2 Å². The van der Waals surface area contributed by atoms with Crippen LogP contribution in [0.3, 0.4) is 0 Å². The number of hydrogen-bond donors (Lipinski definition) is 1. The minimum atomic E-state index is -4.44. The van der Waals surface area contributed by atoms with Gasteiger partial charge in [-0.15, -0.1) is 0 Å². The number of alkyl halides is 3. The number of amides is 2. The molecule has 1 N–H and O–H groups in total. The van der Waals surface area contributed by atoms with Gasteiger partial charge in [0.25, 0.3) is 0 Å². The van der Waals surface area contributed by atoms with Crippen molar-refractivity contribution in [2.45, 2.75) is 54.1 Å². The van der Waals surface area contributed by atoms with Crippen LogP contribution >= 0.6 is 0 Å². The van der Waals surface area contributed by atoms with Gasteiger partial charge in [-0.05, 0) is 62.1 Å². The van der Waals surface area contributed by atoms with Crippen LogP contribution in [-0.4, -0.2) is 41.7 Å². The van der Waals surface area contributed by atoms with Crippen LogP contribution < -0.4 is 5.32 Å². The molecule has 2 aromatic rings. The molecule has 2 amide bonds. The molecular formula is C20H20F3N3O3S. The second-order valence-corrected chi connectivity index (χ2v) is 9.85. The van der Waals surface area contributed by atoms with E-state index in [1.807, 2.05) is 0 Å². The first-order chi connectivity index (χ1) is 14.2. The molecule has 4 rings (SSSR count). The van der Waals surface area contributed by atoms with Crippen LogP contribution in [0.25, 0.3) is 0 Å². The zero-order valence-electron chi connectivity index (χ0n) is 15.8. The molecule has 2 atom stereocenters. The van der Waals surface area contributed by atoms with E-state index >= 15 is 0 Å². The molecule has 0 saturated carbocycles. The molecule has 160 valence electrons. The number of urea groups is 1. The number of carbonyl (C=O) groups is 1. The number of carbonyl (C=O) groups excluding carboxylic acids is 1. The average molecular weight is 439 g/mol. The summed E-state index contributed by atoms with van der Waals surface area (Å²) in [6.45, 7) is 0. The summed E-state index contributed by atoms with van der Waals surface area (Å²) in [6, 6.07) is 6.48. The number of nitrogens with one attached hydrogen (secondary N) is 1. The topological polar surface area (TPSA) is 79.4 Å². The highest BCUT2D eigenvalue weighted by Crippen LogP contribution is 2.40. The summed E-state index contributed by atoms with van der Waals surface area (Å²) < 4.78 is 63.9. The van der Waals surface area contributed by atoms with Gasteiger partial charge in [0.15, 0.2) is 9.84 Å². The number of benzene rings is 1. The van der Waals surface area contributed by atoms with Crippen molar-refractivity contribution in [3.8, 4) is 0 Å². The van der Waals surface area contributed by atoms with Crippen LogP contribution in [0.4, 0.5) is 23.7 Å². The lowest BCUT2D eigenvalue weighted by Crippen LogP contribution is -2.51. The molecule has 3 heterocycles. The summed E-state index contributed by atoms with van der Waals surface area (Å²) in [7, 11) is -3.54. The van der Waals surface area contributed by atoms with Gasteiger partial charge in [0.2, 0.25) is 0 Å². The van der Waals surface area contributed by atoms with Crippen molar-refractivity contribution in [3.63, 3.8) is 0 Å². The maximum atomic E-state index is 12.9. The predicted molar refractivity (Wildman–Crippen MR) is 104 cm³/mol. The Hall–Kier alpha value is -2.62. The minimum absolute atomic E-state index is 0.178. The number of fused-ring (bicyclic) bond motifs is 2. The first-order valence-corrected chi connectivity index (χ1v) is 11.1. The van der Waals surface area contributed by atoms with Crippen molar-refractivity contribution in [1.29, 1.82) is 0 Å². The molecule has 2 bridgehead atoms. The largest absolute Gasteiger partial charge is 0.416 e. The Morgan fingerprint density at radius 2 is 1.70 bits per heavy atom. The molecule has 2 saturated heterocycles. The van der Waals surface area contributed by atoms with Gasteiger partial charge in [0.1, 0.15) is 0 Å². The van der Waals surface area contributed by atoms with Gasteiger partial charge in [0.05, 0.1) is 15.7 Å². The van der Waals surface area contributed by atoms with Gasteiger partial charge >= 0.3 is 12.2 Å². The Kier molecular flexibility index (Phi) is 5.21. The molecule has 1 aromatic carbocycles. The maximum Gasteiger partial charge on any atom is 0.416 e. The molecule has 1 aromatic heterocycles. The van der Waals surface area contributed by atoms with E-state index in [2.05, 4.69) is 10.3 Å². The highest BCUT2D eigenvalue weighted by Gasteiger charge is 2.47. The number of anilines is 1. The Labute approximate surface area is 172 Å². The second-order valence-electron chi connectivity index (χ2n) is 7.62. The maximum absolute atomic E-state index is 12.9. The van der Waals surface area contributed by atoms with Gasteiger partial charge in [-0.3, -0.25) is 4.98 Å². The fourth-order valence-corrected chi connectivity index (χ4v) is 6.16. The summed E-state index contributed by atoms with van der Waals surface area (Å²) in [5, 5.41) is 2.05. The number of nitrogens with zero attached hydrogens (tertiary/aromatic N) is 2. The molecule has 2 aliphatic rings. The number of halogens is 3. The van der Waals surface area contributed by atoms with Crippen molar-refractivity contribution in [1.82, 2.24) is 9.88 Å². The SMILES string of the molecule is O=C(Nc1ccc(C(F)(F)F)cc1)N1[C@@H]2CC[C@@H]1CC(S(=O)(=O)c1cccnc1)C2. The van der Waals surface area contributed by atoms with Crippen molar-refractivity contribution >= 4 is 21.6 Å². The van der Waals surface area contributed by atoms with Crippen molar-refractivity contribution in [3.05, 3.63) is 54.4 Å². The molecule has 2 fully saturated rings. The summed E-state index contributed by atoms with van der Waals surface area (Å²) in [4.78, 5) is 18.5. The van der Waals surface area contributed by atoms with Gasteiger partial charge in [0, 0.05) is 30.2 Å². The molecule has 2 aliphatic heterocycles. The third kappa shape index (κ3) is 3.88. The molecule has 10 heteroatoms. The normalized spacial score (nSPS) is 24.0. The Bertz CT molecular complexity index is 1010. The summed E-state index contributed by atoms with van der Waals surface area (Å²) in [6.07, 6.45) is 0.456. The van der Waals surface area contributed by atoms with Gasteiger partial charge in [-0.2, -0.15) is 13.2 Å². The Morgan fingerprint density at radius 1 is 1.07 bits per heavy atom. The third-order valence-electron chi connectivity index (χ3n) is 5.79. The second kappa shape index (κ2) is 7.57. The molecule has 0 radical (unpaired) electrons. The molecule has 0 unspecified atom stereocenters. The van der Waals surface area contributed by atoms with Crippen molar-refractivity contribution in [2.24, 2.45) is 0 Å². The molecule has 0 spiro atoms. The number of pyridine rings is 1. The van der Waals surface area contributed by atoms with E-state index in [4.69, 9.17) is 0 Å². The number of rotatable bonds is 3. The summed E-state index contributed by atoms with van der Waals surface area (Å²) in [5.74, 6) is 0. The Balaban J connectivity index is 1.46. The standard InChI is InChI=1S/C20H20F3N3O3S/c21-20(22,23)13-3-5-14(6-4-13)25-19(27)26-15-7-8-16(26)11-18(10-15)30(28,29)17-2-1-9-24-12-17/h1-6,9,12,15-16,18H,7-8,10-11H2,(H,25,27)/t15-,16-/m1/s1. The van der Waals surface area contributed by atoms with E-state index in [-0.39, 0.29) is 22.7 Å². The quantitative estimate of drug-likeness (QED) is 0.781. The molecule has 0 aliphatic carbocycles. The average Bonchev–Trinajstić information content (AvgIpc) is 2.98. The van der Waals surface area contributed by atoms with E-state index in [0.717, 1.165) is 12.1 Å². The lowest BCUT2D eigenvalue weighted by Gasteiger charge is -2.38. The number of aromatic nitrogens is 1.